The first-order valence-corrected chi connectivity index (χ1v) is 13.2. The van der Waals surface area contributed by atoms with Crippen molar-refractivity contribution in [1.82, 2.24) is 20.2 Å². The first-order chi connectivity index (χ1) is 19.1. The highest BCUT2D eigenvalue weighted by atomic mass is 16.5. The molecule has 3 aromatic carbocycles. The number of carbonyl (C=O) groups is 1. The summed E-state index contributed by atoms with van der Waals surface area (Å²) in [4.78, 5) is 13.6. The third-order valence-electron chi connectivity index (χ3n) is 6.99. The third kappa shape index (κ3) is 5.54. The number of tetrazole rings is 1. The van der Waals surface area contributed by atoms with Crippen LogP contribution >= 0.6 is 0 Å². The molecule has 9 nitrogen and oxygen atoms in total. The maximum absolute atomic E-state index is 13.6. The summed E-state index contributed by atoms with van der Waals surface area (Å²) < 4.78 is 13.5. The molecule has 0 bridgehead atoms. The van der Waals surface area contributed by atoms with Gasteiger partial charge in [-0.1, -0.05) is 73.9 Å². The van der Waals surface area contributed by atoms with E-state index in [9.17, 15) is 4.79 Å². The Labute approximate surface area is 234 Å². The van der Waals surface area contributed by atoms with Crippen LogP contribution in [0.15, 0.2) is 78.0 Å². The van der Waals surface area contributed by atoms with Crippen molar-refractivity contribution < 1.29 is 14.3 Å². The minimum Gasteiger partial charge on any atom is -0.493 e. The van der Waals surface area contributed by atoms with Gasteiger partial charge in [-0.15, -0.1) is 0 Å². The van der Waals surface area contributed by atoms with Gasteiger partial charge in [0.1, 0.15) is 12.6 Å². The molecular formula is C31H34N6O3. The van der Waals surface area contributed by atoms with Gasteiger partial charge >= 0.3 is 0 Å². The molecule has 0 saturated heterocycles. The van der Waals surface area contributed by atoms with Crippen molar-refractivity contribution >= 4 is 17.5 Å². The molecule has 0 fully saturated rings. The minimum atomic E-state index is -0.579. The van der Waals surface area contributed by atoms with E-state index in [2.05, 4.69) is 71.2 Å². The standard InChI is InChI=1S/C31H34N6O3/c1-19-7-14-24(15-8-19)33-29(38)27-20(2)32-30-34-35-36-37(30)28(27)22-11-16-25(26(17-22)39-6)40-18-21-9-12-23(13-10-21)31(3,4)5/h7-17,28H,18H2,1-6H3,(H,33,38)(H,32,34,36). The SMILES string of the molecule is COc1cc(C2C(C(=O)Nc3ccc(C)cc3)=C(C)Nc3nnnn32)ccc1OCc1ccc(C(C)(C)C)cc1. The Balaban J connectivity index is 1.42. The average Bonchev–Trinajstić information content (AvgIpc) is 3.40. The van der Waals surface area contributed by atoms with Gasteiger partial charge < -0.3 is 20.1 Å². The lowest BCUT2D eigenvalue weighted by Crippen LogP contribution is -2.31. The normalized spacial score (nSPS) is 14.8. The summed E-state index contributed by atoms with van der Waals surface area (Å²) in [6, 6.07) is 21.2. The fraction of sp³-hybridized carbons (Fsp3) is 0.290. The molecule has 1 aromatic heterocycles. The summed E-state index contributed by atoms with van der Waals surface area (Å²) >= 11 is 0. The van der Waals surface area contributed by atoms with Crippen molar-refractivity contribution in [3.63, 3.8) is 0 Å². The number of carbonyl (C=O) groups excluding carboxylic acids is 1. The fourth-order valence-electron chi connectivity index (χ4n) is 4.69. The number of anilines is 2. The van der Waals surface area contributed by atoms with E-state index >= 15 is 0 Å². The zero-order valence-corrected chi connectivity index (χ0v) is 23.6. The largest absolute Gasteiger partial charge is 0.493 e. The first kappa shape index (κ1) is 26.9. The Morgan fingerprint density at radius 1 is 1.00 bits per heavy atom. The highest BCUT2D eigenvalue weighted by Crippen LogP contribution is 2.39. The van der Waals surface area contributed by atoms with Gasteiger partial charge in [0, 0.05) is 11.4 Å². The van der Waals surface area contributed by atoms with Crippen LogP contribution in [0.4, 0.5) is 11.6 Å². The van der Waals surface area contributed by atoms with Gasteiger partial charge in [-0.2, -0.15) is 4.68 Å². The van der Waals surface area contributed by atoms with Crippen molar-refractivity contribution in [2.24, 2.45) is 0 Å². The zero-order chi connectivity index (χ0) is 28.4. The van der Waals surface area contributed by atoms with Gasteiger partial charge in [0.05, 0.1) is 12.7 Å². The van der Waals surface area contributed by atoms with E-state index < -0.39 is 6.04 Å². The van der Waals surface area contributed by atoms with Gasteiger partial charge in [0.2, 0.25) is 5.95 Å². The Bertz CT molecular complexity index is 1550. The molecule has 0 saturated carbocycles. The van der Waals surface area contributed by atoms with Crippen LogP contribution in [0.25, 0.3) is 0 Å². The molecule has 1 unspecified atom stereocenters. The van der Waals surface area contributed by atoms with Crippen molar-refractivity contribution in [3.05, 3.63) is 100 Å². The van der Waals surface area contributed by atoms with Crippen molar-refractivity contribution in [2.75, 3.05) is 17.7 Å². The number of allylic oxidation sites excluding steroid dienone is 1. The van der Waals surface area contributed by atoms with Crippen LogP contribution in [-0.4, -0.2) is 33.2 Å². The minimum absolute atomic E-state index is 0.0925. The fourth-order valence-corrected chi connectivity index (χ4v) is 4.69. The van der Waals surface area contributed by atoms with E-state index in [1.54, 1.807) is 11.8 Å². The Morgan fingerprint density at radius 2 is 1.73 bits per heavy atom. The Hall–Kier alpha value is -4.66. The molecule has 2 heterocycles. The molecule has 1 amide bonds. The molecule has 40 heavy (non-hydrogen) atoms. The van der Waals surface area contributed by atoms with Gasteiger partial charge in [-0.3, -0.25) is 4.79 Å². The monoisotopic (exact) mass is 538 g/mol. The summed E-state index contributed by atoms with van der Waals surface area (Å²) in [6.45, 7) is 10.8. The summed E-state index contributed by atoms with van der Waals surface area (Å²) in [5, 5.41) is 18.3. The highest BCUT2D eigenvalue weighted by Gasteiger charge is 2.34. The number of benzene rings is 3. The summed E-state index contributed by atoms with van der Waals surface area (Å²) in [5.41, 5.74) is 6.17. The number of nitrogens with zero attached hydrogens (tertiary/aromatic N) is 4. The maximum Gasteiger partial charge on any atom is 0.255 e. The van der Waals surface area contributed by atoms with Gasteiger partial charge in [0.25, 0.3) is 5.91 Å². The van der Waals surface area contributed by atoms with Gasteiger partial charge in [-0.05, 0) is 70.6 Å². The average molecular weight is 539 g/mol. The molecule has 206 valence electrons. The van der Waals surface area contributed by atoms with Crippen LogP contribution in [0.1, 0.15) is 56.0 Å². The van der Waals surface area contributed by atoms with Crippen LogP contribution in [0.5, 0.6) is 11.5 Å². The number of rotatable bonds is 7. The molecular weight excluding hydrogens is 504 g/mol. The topological polar surface area (TPSA) is 103 Å². The van der Waals surface area contributed by atoms with Gasteiger partial charge in [-0.25, -0.2) is 0 Å². The predicted molar refractivity (Wildman–Crippen MR) is 155 cm³/mol. The van der Waals surface area contributed by atoms with Crippen LogP contribution in [0.2, 0.25) is 0 Å². The lowest BCUT2D eigenvalue weighted by Gasteiger charge is -2.28. The molecule has 4 aromatic rings. The first-order valence-electron chi connectivity index (χ1n) is 13.2. The quantitative estimate of drug-likeness (QED) is 0.307. The van der Waals surface area contributed by atoms with Gasteiger partial charge in [0.15, 0.2) is 11.5 Å². The number of nitrogens with one attached hydrogen (secondary N) is 2. The molecule has 0 aliphatic carbocycles. The van der Waals surface area contributed by atoms with Crippen LogP contribution < -0.4 is 20.1 Å². The number of fused-ring (bicyclic) bond motifs is 1. The lowest BCUT2D eigenvalue weighted by molar-refractivity contribution is -0.113. The zero-order valence-electron chi connectivity index (χ0n) is 23.6. The summed E-state index contributed by atoms with van der Waals surface area (Å²) in [6.07, 6.45) is 0. The van der Waals surface area contributed by atoms with Crippen molar-refractivity contribution in [1.29, 1.82) is 0 Å². The third-order valence-corrected chi connectivity index (χ3v) is 6.99. The molecule has 1 aliphatic heterocycles. The predicted octanol–water partition coefficient (Wildman–Crippen LogP) is 5.79. The number of hydrogen-bond acceptors (Lipinski definition) is 7. The van der Waals surface area contributed by atoms with E-state index in [0.717, 1.165) is 16.7 Å². The van der Waals surface area contributed by atoms with Crippen LogP contribution in [0.3, 0.4) is 0 Å². The second kappa shape index (κ2) is 10.8. The number of methoxy groups -OCH3 is 1. The molecule has 0 radical (unpaired) electrons. The molecule has 1 atom stereocenters. The molecule has 9 heteroatoms. The molecule has 5 rings (SSSR count). The van der Waals surface area contributed by atoms with Crippen LogP contribution in [0, 0.1) is 6.92 Å². The summed E-state index contributed by atoms with van der Waals surface area (Å²) in [7, 11) is 1.60. The maximum atomic E-state index is 13.6. The van der Waals surface area contributed by atoms with E-state index in [1.165, 1.54) is 5.56 Å². The summed E-state index contributed by atoms with van der Waals surface area (Å²) in [5.74, 6) is 1.35. The number of amides is 1. The molecule has 0 spiro atoms. The lowest BCUT2D eigenvalue weighted by atomic mass is 9.87. The second-order valence-electron chi connectivity index (χ2n) is 11.0. The van der Waals surface area contributed by atoms with E-state index in [0.29, 0.717) is 41.0 Å². The number of aryl methyl sites for hydroxylation is 1. The number of ether oxygens (including phenoxy) is 2. The number of aromatic nitrogens is 4. The second-order valence-corrected chi connectivity index (χ2v) is 11.0. The molecule has 2 N–H and O–H groups in total. The Kier molecular flexibility index (Phi) is 7.30. The Morgan fingerprint density at radius 3 is 2.40 bits per heavy atom. The van der Waals surface area contributed by atoms with Crippen molar-refractivity contribution in [3.8, 4) is 11.5 Å². The van der Waals surface area contributed by atoms with Crippen molar-refractivity contribution in [2.45, 2.75) is 52.7 Å². The molecule has 1 aliphatic rings. The highest BCUT2D eigenvalue weighted by molar-refractivity contribution is 6.06. The van der Waals surface area contributed by atoms with E-state index in [1.807, 2.05) is 56.3 Å². The van der Waals surface area contributed by atoms with E-state index in [-0.39, 0.29) is 11.3 Å². The van der Waals surface area contributed by atoms with E-state index in [4.69, 9.17) is 9.47 Å². The number of hydrogen-bond donors (Lipinski definition) is 2. The van der Waals surface area contributed by atoms with Crippen LogP contribution in [-0.2, 0) is 16.8 Å². The smallest absolute Gasteiger partial charge is 0.255 e.